The van der Waals surface area contributed by atoms with Crippen LogP contribution in [0.2, 0.25) is 0 Å². The lowest BCUT2D eigenvalue weighted by atomic mass is 10.2. The summed E-state index contributed by atoms with van der Waals surface area (Å²) in [6.07, 6.45) is -4.37. The highest BCUT2D eigenvalue weighted by molar-refractivity contribution is 5.94. The summed E-state index contributed by atoms with van der Waals surface area (Å²) in [5, 5.41) is 2.50. The zero-order chi connectivity index (χ0) is 13.8. The van der Waals surface area contributed by atoms with Gasteiger partial charge in [-0.25, -0.2) is 0 Å². The van der Waals surface area contributed by atoms with Gasteiger partial charge in [0.25, 0.3) is 0 Å². The molecule has 1 rings (SSSR count). The Labute approximate surface area is 114 Å². The van der Waals surface area contributed by atoms with Crippen LogP contribution in [-0.2, 0) is 4.79 Å². The Bertz CT molecular complexity index is 407. The van der Waals surface area contributed by atoms with Crippen molar-refractivity contribution in [3.8, 4) is 5.75 Å². The maximum absolute atomic E-state index is 11.9. The van der Waals surface area contributed by atoms with E-state index in [9.17, 15) is 18.0 Å². The van der Waals surface area contributed by atoms with Crippen molar-refractivity contribution in [3.05, 3.63) is 24.3 Å². The summed E-state index contributed by atoms with van der Waals surface area (Å²) in [4.78, 5) is 11.2. The molecule has 0 saturated heterocycles. The zero-order valence-electron chi connectivity index (χ0n) is 10.0. The third kappa shape index (κ3) is 6.88. The summed E-state index contributed by atoms with van der Waals surface area (Å²) in [6.45, 7) is 0.175. The van der Waals surface area contributed by atoms with E-state index >= 15 is 0 Å². The first-order chi connectivity index (χ1) is 8.28. The number of ether oxygens (including phenoxy) is 1. The standard InChI is InChI=1S/C11H13F3N2O2.ClH/c1-7(15)10(17)16-8-2-4-9(5-3-8)18-6-11(12,13)14;/h2-5,7H,6,15H2,1H3,(H,16,17);1H/t7-;/m0./s1. The molecule has 0 aromatic heterocycles. The average Bonchev–Trinajstić information content (AvgIpc) is 2.27. The molecule has 0 unspecified atom stereocenters. The van der Waals surface area contributed by atoms with E-state index in [-0.39, 0.29) is 24.1 Å². The Morgan fingerprint density at radius 3 is 2.32 bits per heavy atom. The summed E-state index contributed by atoms with van der Waals surface area (Å²) in [5.74, 6) is -0.301. The molecule has 0 spiro atoms. The minimum atomic E-state index is -4.37. The van der Waals surface area contributed by atoms with Crippen LogP contribution in [0.15, 0.2) is 24.3 Å². The van der Waals surface area contributed by atoms with Crippen LogP contribution in [0.3, 0.4) is 0 Å². The first-order valence-electron chi connectivity index (χ1n) is 5.14. The lowest BCUT2D eigenvalue weighted by Gasteiger charge is -2.10. The second kappa shape index (κ2) is 7.20. The molecule has 0 aliphatic rings. The van der Waals surface area contributed by atoms with E-state index < -0.39 is 18.8 Å². The minimum absolute atomic E-state index is 0. The SMILES string of the molecule is C[C@H](N)C(=O)Nc1ccc(OCC(F)(F)F)cc1.Cl. The normalized spacial score (nSPS) is 12.3. The molecule has 1 aromatic carbocycles. The first kappa shape index (κ1) is 17.5. The molecule has 0 fully saturated rings. The summed E-state index contributed by atoms with van der Waals surface area (Å²) in [5.41, 5.74) is 5.79. The second-order valence-corrected chi connectivity index (χ2v) is 3.71. The molecule has 19 heavy (non-hydrogen) atoms. The molecule has 0 radical (unpaired) electrons. The van der Waals surface area contributed by atoms with Gasteiger partial charge in [0.15, 0.2) is 6.61 Å². The van der Waals surface area contributed by atoms with Gasteiger partial charge in [-0.2, -0.15) is 13.2 Å². The number of nitrogens with two attached hydrogens (primary N) is 1. The largest absolute Gasteiger partial charge is 0.484 e. The van der Waals surface area contributed by atoms with Gasteiger partial charge in [0, 0.05) is 5.69 Å². The third-order valence-corrected chi connectivity index (χ3v) is 1.94. The predicted molar refractivity (Wildman–Crippen MR) is 67.5 cm³/mol. The maximum Gasteiger partial charge on any atom is 0.422 e. The van der Waals surface area contributed by atoms with Gasteiger partial charge in [0.2, 0.25) is 5.91 Å². The molecule has 1 atom stereocenters. The van der Waals surface area contributed by atoms with Crippen LogP contribution in [0.25, 0.3) is 0 Å². The highest BCUT2D eigenvalue weighted by Gasteiger charge is 2.28. The van der Waals surface area contributed by atoms with Crippen LogP contribution < -0.4 is 15.8 Å². The number of alkyl halides is 3. The molecule has 0 aliphatic carbocycles. The van der Waals surface area contributed by atoms with Crippen molar-refractivity contribution in [2.45, 2.75) is 19.1 Å². The van der Waals surface area contributed by atoms with E-state index in [0.29, 0.717) is 5.69 Å². The van der Waals surface area contributed by atoms with Gasteiger partial charge < -0.3 is 15.8 Å². The number of nitrogens with one attached hydrogen (secondary N) is 1. The molecule has 108 valence electrons. The van der Waals surface area contributed by atoms with Gasteiger partial charge in [-0.3, -0.25) is 4.79 Å². The van der Waals surface area contributed by atoms with Gasteiger partial charge in [-0.15, -0.1) is 12.4 Å². The smallest absolute Gasteiger partial charge is 0.422 e. The van der Waals surface area contributed by atoms with Crippen molar-refractivity contribution < 1.29 is 22.7 Å². The van der Waals surface area contributed by atoms with Crippen LogP contribution in [0.5, 0.6) is 5.75 Å². The monoisotopic (exact) mass is 298 g/mol. The van der Waals surface area contributed by atoms with Crippen LogP contribution in [-0.4, -0.2) is 24.7 Å². The quantitative estimate of drug-likeness (QED) is 0.897. The molecule has 4 nitrogen and oxygen atoms in total. The molecule has 0 aliphatic heterocycles. The topological polar surface area (TPSA) is 64.4 Å². The fourth-order valence-corrected chi connectivity index (χ4v) is 1.06. The average molecular weight is 299 g/mol. The van der Waals surface area contributed by atoms with Crippen LogP contribution >= 0.6 is 12.4 Å². The molecular weight excluding hydrogens is 285 g/mol. The van der Waals surface area contributed by atoms with Crippen molar-refractivity contribution in [1.29, 1.82) is 0 Å². The van der Waals surface area contributed by atoms with Crippen LogP contribution in [0, 0.1) is 0 Å². The number of benzene rings is 1. The number of hydrogen-bond acceptors (Lipinski definition) is 3. The summed E-state index contributed by atoms with van der Waals surface area (Å²) >= 11 is 0. The van der Waals surface area contributed by atoms with E-state index in [4.69, 9.17) is 5.73 Å². The molecule has 1 aromatic rings. The Kier molecular flexibility index (Phi) is 6.64. The summed E-state index contributed by atoms with van der Waals surface area (Å²) < 4.78 is 40.2. The number of rotatable bonds is 4. The van der Waals surface area contributed by atoms with Gasteiger partial charge in [-0.05, 0) is 31.2 Å². The van der Waals surface area contributed by atoms with Crippen molar-refractivity contribution in [1.82, 2.24) is 0 Å². The van der Waals surface area contributed by atoms with Crippen molar-refractivity contribution >= 4 is 24.0 Å². The predicted octanol–water partition coefficient (Wildman–Crippen LogP) is 2.34. The molecule has 1 amide bonds. The van der Waals surface area contributed by atoms with Crippen LogP contribution in [0.4, 0.5) is 18.9 Å². The third-order valence-electron chi connectivity index (χ3n) is 1.94. The van der Waals surface area contributed by atoms with Crippen molar-refractivity contribution in [3.63, 3.8) is 0 Å². The highest BCUT2D eigenvalue weighted by atomic mass is 35.5. The Balaban J connectivity index is 0.00000324. The lowest BCUT2D eigenvalue weighted by Crippen LogP contribution is -2.32. The molecule has 8 heteroatoms. The number of hydrogen-bond donors (Lipinski definition) is 2. The van der Waals surface area contributed by atoms with Crippen molar-refractivity contribution in [2.24, 2.45) is 5.73 Å². The maximum atomic E-state index is 11.9. The first-order valence-corrected chi connectivity index (χ1v) is 5.14. The number of amides is 1. The number of halogens is 4. The number of carbonyl (C=O) groups excluding carboxylic acids is 1. The van der Waals surface area contributed by atoms with Gasteiger partial charge >= 0.3 is 6.18 Å². The lowest BCUT2D eigenvalue weighted by molar-refractivity contribution is -0.153. The fourth-order valence-electron chi connectivity index (χ4n) is 1.06. The molecule has 0 heterocycles. The van der Waals surface area contributed by atoms with E-state index in [1.807, 2.05) is 0 Å². The van der Waals surface area contributed by atoms with E-state index in [0.717, 1.165) is 0 Å². The van der Waals surface area contributed by atoms with Crippen molar-refractivity contribution in [2.75, 3.05) is 11.9 Å². The molecule has 3 N–H and O–H groups in total. The molecule has 0 bridgehead atoms. The minimum Gasteiger partial charge on any atom is -0.484 e. The molecular formula is C11H14ClF3N2O2. The van der Waals surface area contributed by atoms with Crippen LogP contribution in [0.1, 0.15) is 6.92 Å². The summed E-state index contributed by atoms with van der Waals surface area (Å²) in [6, 6.07) is 4.88. The van der Waals surface area contributed by atoms with Gasteiger partial charge in [-0.1, -0.05) is 0 Å². The number of carbonyl (C=O) groups is 1. The zero-order valence-corrected chi connectivity index (χ0v) is 10.8. The van der Waals surface area contributed by atoms with Gasteiger partial charge in [0.05, 0.1) is 6.04 Å². The fraction of sp³-hybridized carbons (Fsp3) is 0.364. The molecule has 0 saturated carbocycles. The van der Waals surface area contributed by atoms with E-state index in [1.54, 1.807) is 0 Å². The summed E-state index contributed by atoms with van der Waals surface area (Å²) in [7, 11) is 0. The number of anilines is 1. The Morgan fingerprint density at radius 2 is 1.89 bits per heavy atom. The van der Waals surface area contributed by atoms with E-state index in [2.05, 4.69) is 10.1 Å². The second-order valence-electron chi connectivity index (χ2n) is 3.71. The highest BCUT2D eigenvalue weighted by Crippen LogP contribution is 2.20. The van der Waals surface area contributed by atoms with E-state index in [1.165, 1.54) is 31.2 Å². The Hall–Kier alpha value is -1.47. The Morgan fingerprint density at radius 1 is 1.37 bits per heavy atom. The van der Waals surface area contributed by atoms with Gasteiger partial charge in [0.1, 0.15) is 5.75 Å².